The summed E-state index contributed by atoms with van der Waals surface area (Å²) < 4.78 is 15.2. The lowest BCUT2D eigenvalue weighted by Gasteiger charge is -2.22. The highest BCUT2D eigenvalue weighted by Crippen LogP contribution is 2.10. The molecule has 20 heavy (non-hydrogen) atoms. The van der Waals surface area contributed by atoms with Gasteiger partial charge in [-0.3, -0.25) is 0 Å². The van der Waals surface area contributed by atoms with Crippen LogP contribution in [0.3, 0.4) is 0 Å². The molecule has 0 amide bonds. The fraction of sp³-hybridized carbons (Fsp3) is 0.769. The molecule has 0 radical (unpaired) electrons. The predicted molar refractivity (Wildman–Crippen MR) is 81.8 cm³/mol. The quantitative estimate of drug-likeness (QED) is 0.545. The molecular formula is C13H29NO5Si. The van der Waals surface area contributed by atoms with E-state index in [1.165, 1.54) is 0 Å². The molecule has 6 nitrogen and oxygen atoms in total. The lowest BCUT2D eigenvalue weighted by atomic mass is 10.2. The highest BCUT2D eigenvalue weighted by atomic mass is 28.4. The molecule has 0 saturated carbocycles. The monoisotopic (exact) mass is 307 g/mol. The molecule has 0 aromatic rings. The normalized spacial score (nSPS) is 12.1. The highest BCUT2D eigenvalue weighted by Gasteiger charge is 2.34. The minimum atomic E-state index is -2.19. The van der Waals surface area contributed by atoms with Crippen LogP contribution in [0.5, 0.6) is 0 Å². The maximum Gasteiger partial charge on any atom is 0.499 e. The Morgan fingerprint density at radius 2 is 1.65 bits per heavy atom. The summed E-state index contributed by atoms with van der Waals surface area (Å²) in [6.45, 7) is 4.49. The van der Waals surface area contributed by atoms with Crippen LogP contribution in [0, 0.1) is 0 Å². The molecule has 7 heteroatoms. The van der Waals surface area contributed by atoms with Gasteiger partial charge in [0.2, 0.25) is 0 Å². The van der Waals surface area contributed by atoms with E-state index < -0.39 is 14.8 Å². The van der Waals surface area contributed by atoms with Gasteiger partial charge in [0, 0.05) is 39.5 Å². The van der Waals surface area contributed by atoms with Crippen LogP contribution < -0.4 is 0 Å². The van der Waals surface area contributed by atoms with Crippen molar-refractivity contribution in [3.8, 4) is 0 Å². The van der Waals surface area contributed by atoms with E-state index >= 15 is 0 Å². The Morgan fingerprint density at radius 3 is 1.85 bits per heavy atom. The number of aliphatic carboxylic acids is 1. The van der Waals surface area contributed by atoms with Crippen LogP contribution in [0.1, 0.15) is 20.3 Å². The highest BCUT2D eigenvalue weighted by molar-refractivity contribution is 6.60. The number of hydrogen-bond acceptors (Lipinski definition) is 5. The smallest absolute Gasteiger partial charge is 0.478 e. The summed E-state index contributed by atoms with van der Waals surface area (Å²) in [5.74, 6) is -0.830. The Balaban J connectivity index is 0. The molecule has 0 fully saturated rings. The van der Waals surface area contributed by atoms with Crippen LogP contribution in [0.4, 0.5) is 0 Å². The number of rotatable bonds is 8. The van der Waals surface area contributed by atoms with Crippen molar-refractivity contribution >= 4 is 14.8 Å². The standard InChI is InChI=1S/C8H15NO2.C5H14O3Si/c1-7(8(10)11)5-4-6-9(2)3;1-5-9(6-2,7-3)8-4/h5H,4,6H2,1-3H3,(H,10,11);5H2,1-4H3. The summed E-state index contributed by atoms with van der Waals surface area (Å²) in [4.78, 5) is 12.3. The summed E-state index contributed by atoms with van der Waals surface area (Å²) >= 11 is 0. The lowest BCUT2D eigenvalue weighted by molar-refractivity contribution is -0.132. The lowest BCUT2D eigenvalue weighted by Crippen LogP contribution is -2.41. The number of carboxylic acid groups (broad SMARTS) is 1. The van der Waals surface area contributed by atoms with E-state index in [1.807, 2.05) is 25.9 Å². The third kappa shape index (κ3) is 10.1. The van der Waals surface area contributed by atoms with Crippen molar-refractivity contribution < 1.29 is 23.2 Å². The van der Waals surface area contributed by atoms with E-state index in [1.54, 1.807) is 34.3 Å². The second-order valence-corrected chi connectivity index (χ2v) is 7.73. The van der Waals surface area contributed by atoms with Crippen LogP contribution in [0.25, 0.3) is 0 Å². The molecule has 0 saturated heterocycles. The molecular weight excluding hydrogens is 278 g/mol. The van der Waals surface area contributed by atoms with Crippen molar-refractivity contribution in [2.24, 2.45) is 0 Å². The average molecular weight is 307 g/mol. The van der Waals surface area contributed by atoms with Gasteiger partial charge in [-0.25, -0.2) is 4.79 Å². The van der Waals surface area contributed by atoms with Crippen molar-refractivity contribution in [2.75, 3.05) is 42.0 Å². The van der Waals surface area contributed by atoms with E-state index in [-0.39, 0.29) is 0 Å². The molecule has 120 valence electrons. The maximum atomic E-state index is 10.3. The third-order valence-corrected chi connectivity index (χ3v) is 5.46. The minimum absolute atomic E-state index is 0.423. The molecule has 0 aliphatic rings. The zero-order chi connectivity index (χ0) is 16.2. The van der Waals surface area contributed by atoms with Gasteiger partial charge in [-0.1, -0.05) is 13.0 Å². The van der Waals surface area contributed by atoms with Crippen molar-refractivity contribution in [3.05, 3.63) is 11.6 Å². The first-order valence-corrected chi connectivity index (χ1v) is 8.41. The predicted octanol–water partition coefficient (Wildman–Crippen LogP) is 1.85. The SMILES string of the molecule is CC(=CCCN(C)C)C(=O)O.CC[Si](OC)(OC)OC. The van der Waals surface area contributed by atoms with Crippen molar-refractivity contribution in [1.82, 2.24) is 4.90 Å². The number of hydrogen-bond donors (Lipinski definition) is 1. The van der Waals surface area contributed by atoms with Gasteiger partial charge < -0.3 is 23.3 Å². The molecule has 0 heterocycles. The Bertz CT molecular complexity index is 273. The summed E-state index contributed by atoms with van der Waals surface area (Å²) in [6, 6.07) is 0.816. The Hall–Kier alpha value is -0.733. The van der Waals surface area contributed by atoms with E-state index in [9.17, 15) is 4.79 Å². The third-order valence-electron chi connectivity index (χ3n) is 2.73. The van der Waals surface area contributed by atoms with Gasteiger partial charge in [-0.05, 0) is 27.4 Å². The van der Waals surface area contributed by atoms with Crippen LogP contribution in [0.2, 0.25) is 6.04 Å². The fourth-order valence-corrected chi connectivity index (χ4v) is 2.68. The number of carboxylic acids is 1. The summed E-state index contributed by atoms with van der Waals surface area (Å²) in [7, 11) is 6.57. The first-order valence-electron chi connectivity index (χ1n) is 6.48. The summed E-state index contributed by atoms with van der Waals surface area (Å²) in [6.07, 6.45) is 2.54. The fourth-order valence-electron chi connectivity index (χ4n) is 1.31. The second kappa shape index (κ2) is 12.0. The van der Waals surface area contributed by atoms with Gasteiger partial charge in [-0.2, -0.15) is 0 Å². The van der Waals surface area contributed by atoms with Gasteiger partial charge in [0.1, 0.15) is 0 Å². The molecule has 0 aromatic carbocycles. The average Bonchev–Trinajstić information content (AvgIpc) is 2.42. The zero-order valence-corrected chi connectivity index (χ0v) is 14.7. The molecule has 0 bridgehead atoms. The molecule has 0 aliphatic heterocycles. The van der Waals surface area contributed by atoms with Gasteiger partial charge in [-0.15, -0.1) is 0 Å². The van der Waals surface area contributed by atoms with E-state index in [0.29, 0.717) is 5.57 Å². The minimum Gasteiger partial charge on any atom is -0.478 e. The molecule has 0 rings (SSSR count). The number of nitrogens with zero attached hydrogens (tertiary/aromatic N) is 1. The van der Waals surface area contributed by atoms with Gasteiger partial charge in [0.05, 0.1) is 0 Å². The van der Waals surface area contributed by atoms with E-state index in [2.05, 4.69) is 0 Å². The Labute approximate surface area is 123 Å². The van der Waals surface area contributed by atoms with Crippen LogP contribution >= 0.6 is 0 Å². The van der Waals surface area contributed by atoms with Crippen LogP contribution in [-0.4, -0.2) is 66.7 Å². The van der Waals surface area contributed by atoms with Crippen molar-refractivity contribution in [1.29, 1.82) is 0 Å². The molecule has 0 atom stereocenters. The molecule has 0 aliphatic carbocycles. The van der Waals surface area contributed by atoms with Gasteiger partial charge >= 0.3 is 14.8 Å². The largest absolute Gasteiger partial charge is 0.499 e. The summed E-state index contributed by atoms with van der Waals surface area (Å²) in [5, 5.41) is 8.47. The van der Waals surface area contributed by atoms with Gasteiger partial charge in [0.25, 0.3) is 0 Å². The zero-order valence-electron chi connectivity index (χ0n) is 13.7. The molecule has 0 spiro atoms. The first kappa shape index (κ1) is 21.6. The van der Waals surface area contributed by atoms with E-state index in [4.69, 9.17) is 18.4 Å². The molecule has 1 N–H and O–H groups in total. The Kier molecular flexibility index (Phi) is 13.0. The van der Waals surface area contributed by atoms with Crippen molar-refractivity contribution in [3.63, 3.8) is 0 Å². The number of carbonyl (C=O) groups is 1. The first-order chi connectivity index (χ1) is 9.28. The van der Waals surface area contributed by atoms with Crippen molar-refractivity contribution in [2.45, 2.75) is 26.3 Å². The van der Waals surface area contributed by atoms with Crippen LogP contribution in [-0.2, 0) is 18.1 Å². The van der Waals surface area contributed by atoms with E-state index in [0.717, 1.165) is 19.0 Å². The topological polar surface area (TPSA) is 68.2 Å². The Morgan fingerprint density at radius 1 is 1.20 bits per heavy atom. The molecule has 0 unspecified atom stereocenters. The van der Waals surface area contributed by atoms with Gasteiger partial charge in [0.15, 0.2) is 0 Å². The second-order valence-electron chi connectivity index (χ2n) is 4.43. The molecule has 0 aromatic heterocycles. The maximum absolute atomic E-state index is 10.3. The van der Waals surface area contributed by atoms with Crippen LogP contribution in [0.15, 0.2) is 11.6 Å². The summed E-state index contributed by atoms with van der Waals surface area (Å²) in [5.41, 5.74) is 0.423.